The summed E-state index contributed by atoms with van der Waals surface area (Å²) in [5.41, 5.74) is 4.90. The first-order valence-electron chi connectivity index (χ1n) is 9.65. The second-order valence-corrected chi connectivity index (χ2v) is 7.14. The van der Waals surface area contributed by atoms with Crippen molar-refractivity contribution < 1.29 is 9.59 Å². The molecule has 152 valence electrons. The van der Waals surface area contributed by atoms with E-state index in [-0.39, 0.29) is 16.9 Å². The van der Waals surface area contributed by atoms with Crippen LogP contribution < -0.4 is 16.0 Å². The molecule has 0 unspecified atom stereocenters. The molecule has 0 aliphatic heterocycles. The van der Waals surface area contributed by atoms with E-state index >= 15 is 0 Å². The molecule has 0 heterocycles. The lowest BCUT2D eigenvalue weighted by molar-refractivity contribution is -0.115. The van der Waals surface area contributed by atoms with Crippen molar-refractivity contribution in [3.63, 3.8) is 0 Å². The van der Waals surface area contributed by atoms with Crippen molar-refractivity contribution in [1.82, 2.24) is 5.32 Å². The van der Waals surface area contributed by atoms with E-state index < -0.39 is 0 Å². The van der Waals surface area contributed by atoms with Crippen LogP contribution in [0, 0.1) is 6.92 Å². The van der Waals surface area contributed by atoms with Crippen LogP contribution in [0.4, 0.5) is 11.4 Å². The van der Waals surface area contributed by atoms with Crippen LogP contribution in [0.5, 0.6) is 0 Å². The maximum absolute atomic E-state index is 12.5. The summed E-state index contributed by atoms with van der Waals surface area (Å²) in [4.78, 5) is 24.2. The summed E-state index contributed by atoms with van der Waals surface area (Å²) in [5, 5.41) is 8.76. The number of anilines is 2. The number of hydrogen-bond donors (Lipinski definition) is 3. The lowest BCUT2D eigenvalue weighted by Crippen LogP contribution is -2.34. The van der Waals surface area contributed by atoms with Gasteiger partial charge in [-0.1, -0.05) is 55.5 Å². The number of thiocarbonyl (C=S) groups is 1. The van der Waals surface area contributed by atoms with Crippen LogP contribution in [0.2, 0.25) is 0 Å². The summed E-state index contributed by atoms with van der Waals surface area (Å²) >= 11 is 5.30. The SMILES string of the molecule is CCC(=O)Nc1cccc(NC(=S)NC(=O)c2ccc(-c3ccccc3)cc2)c1C. The highest BCUT2D eigenvalue weighted by atomic mass is 32.1. The van der Waals surface area contributed by atoms with Gasteiger partial charge >= 0.3 is 0 Å². The van der Waals surface area contributed by atoms with E-state index in [0.717, 1.165) is 16.7 Å². The van der Waals surface area contributed by atoms with Crippen LogP contribution in [0.3, 0.4) is 0 Å². The minimum absolute atomic E-state index is 0.0647. The van der Waals surface area contributed by atoms with Crippen molar-refractivity contribution in [2.45, 2.75) is 20.3 Å². The predicted octanol–water partition coefficient (Wildman–Crippen LogP) is 5.14. The maximum atomic E-state index is 12.5. The Kier molecular flexibility index (Phi) is 6.93. The minimum atomic E-state index is -0.291. The molecule has 3 aromatic carbocycles. The summed E-state index contributed by atoms with van der Waals surface area (Å²) in [6, 6.07) is 22.8. The summed E-state index contributed by atoms with van der Waals surface area (Å²) in [5.74, 6) is -0.356. The average molecular weight is 418 g/mol. The Bertz CT molecular complexity index is 1060. The van der Waals surface area contributed by atoms with Gasteiger partial charge in [0.25, 0.3) is 5.91 Å². The fourth-order valence-electron chi connectivity index (χ4n) is 2.92. The van der Waals surface area contributed by atoms with Gasteiger partial charge in [0.1, 0.15) is 0 Å². The molecule has 6 heteroatoms. The van der Waals surface area contributed by atoms with Crippen molar-refractivity contribution in [3.8, 4) is 11.1 Å². The highest BCUT2D eigenvalue weighted by molar-refractivity contribution is 7.80. The Balaban J connectivity index is 1.64. The van der Waals surface area contributed by atoms with Crippen molar-refractivity contribution in [1.29, 1.82) is 0 Å². The first-order valence-corrected chi connectivity index (χ1v) is 10.1. The van der Waals surface area contributed by atoms with Crippen molar-refractivity contribution in [2.24, 2.45) is 0 Å². The normalized spacial score (nSPS) is 10.2. The molecule has 0 saturated carbocycles. The molecular formula is C24H23N3O2S. The smallest absolute Gasteiger partial charge is 0.257 e. The molecule has 0 spiro atoms. The topological polar surface area (TPSA) is 70.2 Å². The van der Waals surface area contributed by atoms with Crippen LogP contribution in [0.25, 0.3) is 11.1 Å². The van der Waals surface area contributed by atoms with E-state index in [1.807, 2.05) is 67.6 Å². The summed E-state index contributed by atoms with van der Waals surface area (Å²) in [6.07, 6.45) is 0.397. The van der Waals surface area contributed by atoms with Gasteiger partial charge in [-0.05, 0) is 60.1 Å². The van der Waals surface area contributed by atoms with Crippen molar-refractivity contribution in [3.05, 3.63) is 83.9 Å². The third kappa shape index (κ3) is 5.30. The number of carbonyl (C=O) groups excluding carboxylic acids is 2. The Morgan fingerprint density at radius 2 is 1.40 bits per heavy atom. The van der Waals surface area contributed by atoms with Gasteiger partial charge in [0.05, 0.1) is 0 Å². The highest BCUT2D eigenvalue weighted by Gasteiger charge is 2.11. The van der Waals surface area contributed by atoms with Crippen molar-refractivity contribution in [2.75, 3.05) is 10.6 Å². The number of nitrogens with one attached hydrogen (secondary N) is 3. The van der Waals surface area contributed by atoms with E-state index in [9.17, 15) is 9.59 Å². The molecule has 30 heavy (non-hydrogen) atoms. The lowest BCUT2D eigenvalue weighted by Gasteiger charge is -2.15. The Hall–Kier alpha value is -3.51. The van der Waals surface area contributed by atoms with Gasteiger partial charge in [-0.25, -0.2) is 0 Å². The van der Waals surface area contributed by atoms with Crippen LogP contribution in [-0.2, 0) is 4.79 Å². The highest BCUT2D eigenvalue weighted by Crippen LogP contribution is 2.23. The van der Waals surface area contributed by atoms with Crippen LogP contribution in [-0.4, -0.2) is 16.9 Å². The molecule has 0 atom stereocenters. The number of hydrogen-bond acceptors (Lipinski definition) is 3. The molecule has 0 aromatic heterocycles. The van der Waals surface area contributed by atoms with Crippen LogP contribution in [0.1, 0.15) is 29.3 Å². The largest absolute Gasteiger partial charge is 0.332 e. The lowest BCUT2D eigenvalue weighted by atomic mass is 10.0. The Morgan fingerprint density at radius 3 is 2.03 bits per heavy atom. The van der Waals surface area contributed by atoms with Crippen LogP contribution >= 0.6 is 12.2 Å². The van der Waals surface area contributed by atoms with Gasteiger partial charge in [-0.2, -0.15) is 0 Å². The molecule has 5 nitrogen and oxygen atoms in total. The summed E-state index contributed by atoms with van der Waals surface area (Å²) in [7, 11) is 0. The first-order chi connectivity index (χ1) is 14.5. The zero-order valence-electron chi connectivity index (χ0n) is 16.9. The third-order valence-corrected chi connectivity index (χ3v) is 4.86. The van der Waals surface area contributed by atoms with Gasteiger partial charge in [0.15, 0.2) is 5.11 Å². The molecular weight excluding hydrogens is 394 g/mol. The number of benzene rings is 3. The Morgan fingerprint density at radius 1 is 0.800 bits per heavy atom. The molecule has 0 bridgehead atoms. The fourth-order valence-corrected chi connectivity index (χ4v) is 3.12. The van der Waals surface area contributed by atoms with Gasteiger partial charge in [0, 0.05) is 23.4 Å². The molecule has 0 fully saturated rings. The number of rotatable bonds is 5. The monoisotopic (exact) mass is 417 g/mol. The van der Waals surface area contributed by atoms with E-state index in [2.05, 4.69) is 16.0 Å². The van der Waals surface area contributed by atoms with E-state index in [1.165, 1.54) is 0 Å². The summed E-state index contributed by atoms with van der Waals surface area (Å²) in [6.45, 7) is 3.67. The standard InChI is InChI=1S/C24H23N3O2S/c1-3-22(28)25-20-10-7-11-21(16(20)2)26-24(30)27-23(29)19-14-12-18(13-15-19)17-8-5-4-6-9-17/h4-15H,3H2,1-2H3,(H,25,28)(H2,26,27,29,30). The summed E-state index contributed by atoms with van der Waals surface area (Å²) < 4.78 is 0. The van der Waals surface area contributed by atoms with Crippen LogP contribution in [0.15, 0.2) is 72.8 Å². The van der Waals surface area contributed by atoms with E-state index in [0.29, 0.717) is 23.4 Å². The molecule has 2 amide bonds. The molecule has 3 rings (SSSR count). The van der Waals surface area contributed by atoms with Gasteiger partial charge in [-0.3, -0.25) is 14.9 Å². The number of amides is 2. The second-order valence-electron chi connectivity index (χ2n) is 6.73. The van der Waals surface area contributed by atoms with Gasteiger partial charge < -0.3 is 10.6 Å². The zero-order chi connectivity index (χ0) is 21.5. The Labute approximate surface area is 181 Å². The fraction of sp³-hybridized carbons (Fsp3) is 0.125. The molecule has 3 N–H and O–H groups in total. The quantitative estimate of drug-likeness (QED) is 0.503. The molecule has 3 aromatic rings. The first kappa shape index (κ1) is 21.2. The molecule has 0 aliphatic rings. The maximum Gasteiger partial charge on any atom is 0.257 e. The van der Waals surface area contributed by atoms with E-state index in [4.69, 9.17) is 12.2 Å². The predicted molar refractivity (Wildman–Crippen MR) is 126 cm³/mol. The van der Waals surface area contributed by atoms with E-state index in [1.54, 1.807) is 19.1 Å². The second kappa shape index (κ2) is 9.80. The minimum Gasteiger partial charge on any atom is -0.332 e. The average Bonchev–Trinajstić information content (AvgIpc) is 2.77. The third-order valence-electron chi connectivity index (χ3n) is 4.66. The van der Waals surface area contributed by atoms with Crippen molar-refractivity contribution >= 4 is 40.5 Å². The number of carbonyl (C=O) groups is 2. The van der Waals surface area contributed by atoms with Gasteiger partial charge in [0.2, 0.25) is 5.91 Å². The molecule has 0 radical (unpaired) electrons. The van der Waals surface area contributed by atoms with Gasteiger partial charge in [-0.15, -0.1) is 0 Å². The zero-order valence-corrected chi connectivity index (χ0v) is 17.7. The molecule has 0 saturated heterocycles. The molecule has 0 aliphatic carbocycles.